The van der Waals surface area contributed by atoms with Crippen LogP contribution in [0.1, 0.15) is 30.5 Å². The number of ether oxygens (including phenoxy) is 1. The second-order valence-electron chi connectivity index (χ2n) is 7.91. The van der Waals surface area contributed by atoms with Crippen molar-refractivity contribution in [3.8, 4) is 0 Å². The van der Waals surface area contributed by atoms with Crippen molar-refractivity contribution in [3.05, 3.63) is 23.5 Å². The zero-order valence-corrected chi connectivity index (χ0v) is 15.9. The van der Waals surface area contributed by atoms with Gasteiger partial charge in [-0.05, 0) is 50.2 Å². The van der Waals surface area contributed by atoms with Gasteiger partial charge in [-0.15, -0.1) is 0 Å². The quantitative estimate of drug-likeness (QED) is 0.814. The Morgan fingerprint density at radius 2 is 1.96 bits per heavy atom. The molecule has 0 aromatic carbocycles. The molecule has 2 saturated heterocycles. The highest BCUT2D eigenvalue weighted by molar-refractivity contribution is 7.89. The average molecular weight is 365 g/mol. The molecule has 2 aliphatic heterocycles. The summed E-state index contributed by atoms with van der Waals surface area (Å²) in [6.07, 6.45) is 4.94. The monoisotopic (exact) mass is 365 g/mol. The molecule has 6 nitrogen and oxygen atoms in total. The fourth-order valence-electron chi connectivity index (χ4n) is 4.68. The predicted molar refractivity (Wildman–Crippen MR) is 94.9 cm³/mol. The van der Waals surface area contributed by atoms with Gasteiger partial charge in [0.15, 0.2) is 0 Å². The van der Waals surface area contributed by atoms with E-state index in [4.69, 9.17) is 4.74 Å². The molecule has 1 aliphatic carbocycles. The van der Waals surface area contributed by atoms with Gasteiger partial charge in [-0.25, -0.2) is 8.42 Å². The van der Waals surface area contributed by atoms with E-state index in [1.807, 2.05) is 19.9 Å². The van der Waals surface area contributed by atoms with Crippen molar-refractivity contribution in [3.63, 3.8) is 0 Å². The van der Waals surface area contributed by atoms with Crippen LogP contribution in [0.2, 0.25) is 0 Å². The van der Waals surface area contributed by atoms with Gasteiger partial charge in [0, 0.05) is 44.1 Å². The Kier molecular flexibility index (Phi) is 4.38. The summed E-state index contributed by atoms with van der Waals surface area (Å²) in [5.74, 6) is 0. The largest absolute Gasteiger partial charge is 0.379 e. The van der Waals surface area contributed by atoms with Crippen LogP contribution >= 0.6 is 0 Å². The molecule has 7 heteroatoms. The topological polar surface area (TPSA) is 62.7 Å². The van der Waals surface area contributed by atoms with Gasteiger partial charge in [-0.3, -0.25) is 9.88 Å². The summed E-state index contributed by atoms with van der Waals surface area (Å²) in [5, 5.41) is 0. The zero-order chi connectivity index (χ0) is 17.7. The van der Waals surface area contributed by atoms with Crippen LogP contribution < -0.4 is 0 Å². The molecule has 3 heterocycles. The van der Waals surface area contributed by atoms with Crippen LogP contribution in [0.5, 0.6) is 0 Å². The maximum absolute atomic E-state index is 12.9. The zero-order valence-electron chi connectivity index (χ0n) is 15.1. The summed E-state index contributed by atoms with van der Waals surface area (Å²) >= 11 is 0. The van der Waals surface area contributed by atoms with Crippen LogP contribution in [0.3, 0.4) is 0 Å². The predicted octanol–water partition coefficient (Wildman–Crippen LogP) is 1.57. The first kappa shape index (κ1) is 17.4. The second kappa shape index (κ2) is 6.30. The third kappa shape index (κ3) is 3.12. The third-order valence-corrected chi connectivity index (χ3v) is 8.00. The number of aryl methyl sites for hydroxylation is 2. The molecule has 138 valence electrons. The number of hydrogen-bond acceptors (Lipinski definition) is 5. The van der Waals surface area contributed by atoms with Gasteiger partial charge in [0.25, 0.3) is 0 Å². The summed E-state index contributed by atoms with van der Waals surface area (Å²) in [5.41, 5.74) is 1.81. The van der Waals surface area contributed by atoms with Crippen molar-refractivity contribution in [2.24, 2.45) is 5.41 Å². The van der Waals surface area contributed by atoms with E-state index in [0.29, 0.717) is 24.0 Å². The summed E-state index contributed by atoms with van der Waals surface area (Å²) in [6, 6.07) is 2.43. The highest BCUT2D eigenvalue weighted by atomic mass is 32.2. The lowest BCUT2D eigenvalue weighted by Gasteiger charge is -2.47. The molecular weight excluding hydrogens is 338 g/mol. The number of aromatic nitrogens is 1. The summed E-state index contributed by atoms with van der Waals surface area (Å²) in [4.78, 5) is 7.07. The lowest BCUT2D eigenvalue weighted by molar-refractivity contribution is 0.00815. The fraction of sp³-hybridized carbons (Fsp3) is 0.722. The van der Waals surface area contributed by atoms with Crippen LogP contribution in [0, 0.1) is 19.3 Å². The van der Waals surface area contributed by atoms with Crippen molar-refractivity contribution in [2.45, 2.75) is 44.0 Å². The van der Waals surface area contributed by atoms with Gasteiger partial charge >= 0.3 is 0 Å². The molecule has 0 bridgehead atoms. The second-order valence-corrected chi connectivity index (χ2v) is 9.82. The number of morpholine rings is 1. The molecule has 1 spiro atoms. The summed E-state index contributed by atoms with van der Waals surface area (Å²) in [7, 11) is -3.42. The molecule has 1 saturated carbocycles. The van der Waals surface area contributed by atoms with Crippen LogP contribution in [0.4, 0.5) is 0 Å². The first-order valence-electron chi connectivity index (χ1n) is 9.15. The van der Waals surface area contributed by atoms with Crippen LogP contribution in [0.25, 0.3) is 0 Å². The van der Waals surface area contributed by atoms with E-state index in [1.54, 1.807) is 4.31 Å². The molecule has 1 aromatic rings. The summed E-state index contributed by atoms with van der Waals surface area (Å²) in [6.45, 7) is 8.71. The van der Waals surface area contributed by atoms with Gasteiger partial charge in [0.2, 0.25) is 10.0 Å². The van der Waals surface area contributed by atoms with Crippen molar-refractivity contribution >= 4 is 10.0 Å². The Bertz CT molecular complexity index is 753. The Morgan fingerprint density at radius 3 is 2.64 bits per heavy atom. The molecule has 1 aromatic heterocycles. The minimum Gasteiger partial charge on any atom is -0.379 e. The van der Waals surface area contributed by atoms with Crippen LogP contribution in [-0.2, 0) is 14.8 Å². The van der Waals surface area contributed by atoms with Gasteiger partial charge in [-0.2, -0.15) is 4.31 Å². The maximum atomic E-state index is 12.9. The number of nitrogens with zero attached hydrogens (tertiary/aromatic N) is 3. The Morgan fingerprint density at radius 1 is 1.24 bits per heavy atom. The number of sulfonamides is 1. The van der Waals surface area contributed by atoms with Crippen molar-refractivity contribution in [2.75, 3.05) is 39.4 Å². The highest BCUT2D eigenvalue weighted by Gasteiger charge is 2.53. The normalized spacial score (nSPS) is 27.5. The van der Waals surface area contributed by atoms with E-state index in [0.717, 1.165) is 50.4 Å². The Balaban J connectivity index is 1.43. The van der Waals surface area contributed by atoms with Crippen LogP contribution in [0.15, 0.2) is 17.2 Å². The lowest BCUT2D eigenvalue weighted by Crippen LogP contribution is -2.57. The number of rotatable bonds is 3. The molecule has 0 amide bonds. The molecule has 1 atom stereocenters. The van der Waals surface area contributed by atoms with E-state index in [-0.39, 0.29) is 5.41 Å². The molecule has 3 fully saturated rings. The minimum absolute atomic E-state index is 0.183. The first-order chi connectivity index (χ1) is 11.9. The van der Waals surface area contributed by atoms with E-state index in [2.05, 4.69) is 9.88 Å². The highest BCUT2D eigenvalue weighted by Crippen LogP contribution is 2.48. The number of pyridine rings is 1. The first-order valence-corrected chi connectivity index (χ1v) is 10.6. The van der Waals surface area contributed by atoms with Crippen LogP contribution in [-0.4, -0.2) is 68.0 Å². The molecular formula is C18H27N3O3S. The maximum Gasteiger partial charge on any atom is 0.244 e. The Labute approximate surface area is 150 Å². The van der Waals surface area contributed by atoms with Crippen molar-refractivity contribution in [1.82, 2.24) is 14.2 Å². The molecule has 1 unspecified atom stereocenters. The average Bonchev–Trinajstić information content (AvgIpc) is 3.00. The van der Waals surface area contributed by atoms with E-state index >= 15 is 0 Å². The molecule has 3 aliphatic rings. The molecule has 4 rings (SSSR count). The van der Waals surface area contributed by atoms with Gasteiger partial charge < -0.3 is 4.74 Å². The van der Waals surface area contributed by atoms with E-state index in [1.165, 1.54) is 12.6 Å². The molecule has 25 heavy (non-hydrogen) atoms. The smallest absolute Gasteiger partial charge is 0.244 e. The standard InChI is InChI=1S/C18H27N3O3S/c1-14-9-15(2)19-11-17(14)25(22,23)21-12-18(13-21)4-3-16(10-18)20-5-7-24-8-6-20/h9,11,16H,3-8,10,12-13H2,1-2H3. The SMILES string of the molecule is Cc1cc(C)c(S(=O)(=O)N2CC3(CCC(N4CCOCC4)C3)C2)cn1. The van der Waals surface area contributed by atoms with Gasteiger partial charge in [-0.1, -0.05) is 0 Å². The number of hydrogen-bond donors (Lipinski definition) is 0. The van der Waals surface area contributed by atoms with Crippen molar-refractivity contribution in [1.29, 1.82) is 0 Å². The van der Waals surface area contributed by atoms with Gasteiger partial charge in [0.05, 0.1) is 13.2 Å². The lowest BCUT2D eigenvalue weighted by atomic mass is 9.80. The fourth-order valence-corrected chi connectivity index (χ4v) is 6.50. The van der Waals surface area contributed by atoms with E-state index < -0.39 is 10.0 Å². The van der Waals surface area contributed by atoms with Crippen molar-refractivity contribution < 1.29 is 13.2 Å². The molecule has 0 N–H and O–H groups in total. The summed E-state index contributed by atoms with van der Waals surface area (Å²) < 4.78 is 33.0. The third-order valence-electron chi connectivity index (χ3n) is 6.08. The van der Waals surface area contributed by atoms with Gasteiger partial charge in [0.1, 0.15) is 4.90 Å². The van der Waals surface area contributed by atoms with E-state index in [9.17, 15) is 8.42 Å². The molecule has 0 radical (unpaired) electrons. The Hall–Kier alpha value is -1.02. The minimum atomic E-state index is -3.42.